The van der Waals surface area contributed by atoms with Crippen LogP contribution in [0.5, 0.6) is 11.5 Å². The fraction of sp³-hybridized carbons (Fsp3) is 0.538. The molecule has 0 radical (unpaired) electrons. The number of benzene rings is 1. The average molecular weight is 270 g/mol. The maximum absolute atomic E-state index is 10.0. The van der Waals surface area contributed by atoms with Crippen molar-refractivity contribution in [3.8, 4) is 11.5 Å². The number of hydrogen-bond acceptors (Lipinski definition) is 6. The highest BCUT2D eigenvalue weighted by Gasteiger charge is 2.43. The molecule has 1 saturated heterocycles. The number of aromatic hydroxyl groups is 1. The molecular formula is C13H18O6. The van der Waals surface area contributed by atoms with Gasteiger partial charge in [-0.05, 0) is 31.2 Å². The number of phenolic OH excluding ortho intramolecular Hbond substituents is 1. The molecule has 5 atom stereocenters. The third kappa shape index (κ3) is 2.98. The molecule has 0 saturated carbocycles. The second-order valence-electron chi connectivity index (χ2n) is 4.62. The average Bonchev–Trinajstić information content (AvgIpc) is 2.41. The summed E-state index contributed by atoms with van der Waals surface area (Å²) in [7, 11) is 0. The molecule has 19 heavy (non-hydrogen) atoms. The SMILES string of the molecule is C[C@H]1OC(CO)[C@@H](Oc2ccc(O)cc2)C(O)C1O. The Balaban J connectivity index is 2.13. The molecule has 0 aromatic heterocycles. The lowest BCUT2D eigenvalue weighted by Crippen LogP contribution is -2.59. The van der Waals surface area contributed by atoms with Crippen molar-refractivity contribution in [2.45, 2.75) is 37.4 Å². The van der Waals surface area contributed by atoms with Crippen LogP contribution >= 0.6 is 0 Å². The molecule has 3 unspecified atom stereocenters. The lowest BCUT2D eigenvalue weighted by molar-refractivity contribution is -0.217. The van der Waals surface area contributed by atoms with E-state index in [4.69, 9.17) is 9.47 Å². The Morgan fingerprint density at radius 2 is 1.79 bits per heavy atom. The van der Waals surface area contributed by atoms with Crippen LogP contribution in [0.25, 0.3) is 0 Å². The third-order valence-electron chi connectivity index (χ3n) is 3.21. The molecule has 2 rings (SSSR count). The number of rotatable bonds is 3. The Hall–Kier alpha value is -1.34. The van der Waals surface area contributed by atoms with Gasteiger partial charge in [-0.3, -0.25) is 0 Å². The van der Waals surface area contributed by atoms with E-state index in [0.29, 0.717) is 5.75 Å². The summed E-state index contributed by atoms with van der Waals surface area (Å²) in [5, 5.41) is 38.2. The summed E-state index contributed by atoms with van der Waals surface area (Å²) in [6.07, 6.45) is -4.41. The van der Waals surface area contributed by atoms with Gasteiger partial charge in [-0.2, -0.15) is 0 Å². The predicted molar refractivity (Wildman–Crippen MR) is 66.0 cm³/mol. The van der Waals surface area contributed by atoms with Crippen molar-refractivity contribution >= 4 is 0 Å². The van der Waals surface area contributed by atoms with Crippen molar-refractivity contribution in [2.75, 3.05) is 6.61 Å². The summed E-state index contributed by atoms with van der Waals surface area (Å²) in [5.41, 5.74) is 0. The zero-order valence-electron chi connectivity index (χ0n) is 10.5. The van der Waals surface area contributed by atoms with E-state index in [1.54, 1.807) is 6.92 Å². The predicted octanol–water partition coefficient (Wildman–Crippen LogP) is -0.359. The topological polar surface area (TPSA) is 99.4 Å². The standard InChI is InChI=1S/C13H18O6/c1-7-11(16)12(17)13(10(6-14)18-7)19-9-4-2-8(15)3-5-9/h2-5,7,10-17H,6H2,1H3/t7-,10?,11?,12?,13-/m1/s1. The number of phenols is 1. The van der Waals surface area contributed by atoms with E-state index >= 15 is 0 Å². The first-order valence-electron chi connectivity index (χ1n) is 6.11. The highest BCUT2D eigenvalue weighted by Crippen LogP contribution is 2.26. The zero-order valence-corrected chi connectivity index (χ0v) is 10.5. The van der Waals surface area contributed by atoms with Crippen LogP contribution < -0.4 is 4.74 Å². The Labute approximate surface area is 110 Å². The second kappa shape index (κ2) is 5.75. The molecule has 6 nitrogen and oxygen atoms in total. The van der Waals surface area contributed by atoms with Gasteiger partial charge >= 0.3 is 0 Å². The molecule has 1 aliphatic rings. The van der Waals surface area contributed by atoms with Crippen molar-refractivity contribution < 1.29 is 29.9 Å². The Morgan fingerprint density at radius 1 is 1.16 bits per heavy atom. The van der Waals surface area contributed by atoms with E-state index in [-0.39, 0.29) is 12.4 Å². The van der Waals surface area contributed by atoms with Crippen molar-refractivity contribution in [1.29, 1.82) is 0 Å². The fourth-order valence-corrected chi connectivity index (χ4v) is 2.10. The molecule has 106 valence electrons. The maximum Gasteiger partial charge on any atom is 0.155 e. The molecule has 1 aliphatic heterocycles. The molecule has 1 aromatic rings. The number of aliphatic hydroxyl groups excluding tert-OH is 3. The van der Waals surface area contributed by atoms with Crippen molar-refractivity contribution in [1.82, 2.24) is 0 Å². The summed E-state index contributed by atoms with van der Waals surface area (Å²) < 4.78 is 10.9. The lowest BCUT2D eigenvalue weighted by atomic mass is 9.96. The highest BCUT2D eigenvalue weighted by molar-refractivity contribution is 5.30. The van der Waals surface area contributed by atoms with Crippen molar-refractivity contribution in [3.05, 3.63) is 24.3 Å². The van der Waals surface area contributed by atoms with Gasteiger partial charge in [0, 0.05) is 0 Å². The van der Waals surface area contributed by atoms with Gasteiger partial charge in [-0.25, -0.2) is 0 Å². The van der Waals surface area contributed by atoms with E-state index in [1.807, 2.05) is 0 Å². The first-order valence-corrected chi connectivity index (χ1v) is 6.11. The van der Waals surface area contributed by atoms with Crippen LogP contribution in [0.1, 0.15) is 6.92 Å². The summed E-state index contributed by atoms with van der Waals surface area (Å²) in [5.74, 6) is 0.505. The van der Waals surface area contributed by atoms with Crippen LogP contribution in [0, 0.1) is 0 Å². The minimum atomic E-state index is -1.16. The monoisotopic (exact) mass is 270 g/mol. The summed E-state index contributed by atoms with van der Waals surface area (Å²) >= 11 is 0. The number of hydrogen-bond donors (Lipinski definition) is 4. The fourth-order valence-electron chi connectivity index (χ4n) is 2.10. The second-order valence-corrected chi connectivity index (χ2v) is 4.62. The molecule has 0 amide bonds. The van der Waals surface area contributed by atoms with Gasteiger partial charge < -0.3 is 29.9 Å². The quantitative estimate of drug-likeness (QED) is 0.598. The summed E-state index contributed by atoms with van der Waals surface area (Å²) in [6.45, 7) is 1.30. The van der Waals surface area contributed by atoms with Gasteiger partial charge in [0.05, 0.1) is 12.7 Å². The van der Waals surface area contributed by atoms with Crippen LogP contribution in [-0.2, 0) is 4.74 Å². The molecule has 0 aliphatic carbocycles. The maximum atomic E-state index is 10.0. The van der Waals surface area contributed by atoms with Gasteiger partial charge in [-0.15, -0.1) is 0 Å². The van der Waals surface area contributed by atoms with Gasteiger partial charge in [-0.1, -0.05) is 0 Å². The van der Waals surface area contributed by atoms with Crippen LogP contribution in [0.15, 0.2) is 24.3 Å². The first-order chi connectivity index (χ1) is 9.02. The molecule has 1 heterocycles. The van der Waals surface area contributed by atoms with Gasteiger partial charge in [0.1, 0.15) is 29.8 Å². The smallest absolute Gasteiger partial charge is 0.155 e. The van der Waals surface area contributed by atoms with Crippen molar-refractivity contribution in [3.63, 3.8) is 0 Å². The lowest BCUT2D eigenvalue weighted by Gasteiger charge is -2.40. The Kier molecular flexibility index (Phi) is 4.26. The number of aliphatic hydroxyl groups is 3. The molecule has 4 N–H and O–H groups in total. The molecule has 0 bridgehead atoms. The normalized spacial score (nSPS) is 35.1. The van der Waals surface area contributed by atoms with Crippen LogP contribution in [-0.4, -0.2) is 57.6 Å². The number of ether oxygens (including phenoxy) is 2. The minimum absolute atomic E-state index is 0.0974. The minimum Gasteiger partial charge on any atom is -0.508 e. The first kappa shape index (κ1) is 14.1. The van der Waals surface area contributed by atoms with E-state index in [9.17, 15) is 20.4 Å². The summed E-state index contributed by atoms with van der Waals surface area (Å²) in [4.78, 5) is 0. The van der Waals surface area contributed by atoms with Gasteiger partial charge in [0.15, 0.2) is 6.10 Å². The van der Waals surface area contributed by atoms with E-state index in [2.05, 4.69) is 0 Å². The molecule has 0 spiro atoms. The van der Waals surface area contributed by atoms with Gasteiger partial charge in [0.2, 0.25) is 0 Å². The van der Waals surface area contributed by atoms with E-state index in [1.165, 1.54) is 24.3 Å². The van der Waals surface area contributed by atoms with E-state index in [0.717, 1.165) is 0 Å². The molecule has 1 aromatic carbocycles. The third-order valence-corrected chi connectivity index (χ3v) is 3.21. The van der Waals surface area contributed by atoms with Crippen molar-refractivity contribution in [2.24, 2.45) is 0 Å². The molecule has 6 heteroatoms. The van der Waals surface area contributed by atoms with Crippen LogP contribution in [0.2, 0.25) is 0 Å². The van der Waals surface area contributed by atoms with Crippen LogP contribution in [0.3, 0.4) is 0 Å². The molecule has 1 fully saturated rings. The Morgan fingerprint density at radius 3 is 2.37 bits per heavy atom. The zero-order chi connectivity index (χ0) is 14.0. The Bertz CT molecular complexity index is 404. The highest BCUT2D eigenvalue weighted by atomic mass is 16.6. The van der Waals surface area contributed by atoms with Gasteiger partial charge in [0.25, 0.3) is 0 Å². The largest absolute Gasteiger partial charge is 0.508 e. The summed E-state index contributed by atoms with van der Waals surface area (Å²) in [6, 6.07) is 5.94. The molecular weight excluding hydrogens is 252 g/mol. The van der Waals surface area contributed by atoms with Crippen LogP contribution in [0.4, 0.5) is 0 Å². The van der Waals surface area contributed by atoms with E-state index < -0.39 is 30.5 Å².